The van der Waals surface area contributed by atoms with Gasteiger partial charge in [0.05, 0.1) is 29.7 Å². The van der Waals surface area contributed by atoms with Gasteiger partial charge in [0.2, 0.25) is 11.9 Å². The van der Waals surface area contributed by atoms with Gasteiger partial charge < -0.3 is 10.1 Å². The molecule has 25 heavy (non-hydrogen) atoms. The zero-order valence-corrected chi connectivity index (χ0v) is 14.0. The van der Waals surface area contributed by atoms with Gasteiger partial charge in [0.15, 0.2) is 0 Å². The van der Waals surface area contributed by atoms with Crippen molar-refractivity contribution < 1.29 is 9.53 Å². The van der Waals surface area contributed by atoms with Crippen molar-refractivity contribution in [3.05, 3.63) is 48.5 Å². The molecule has 2 aromatic carbocycles. The lowest BCUT2D eigenvalue weighted by atomic mass is 10.1. The average Bonchev–Trinajstić information content (AvgIpc) is 3.29. The first-order chi connectivity index (χ1) is 12.3. The Morgan fingerprint density at radius 3 is 2.84 bits per heavy atom. The second-order valence-electron chi connectivity index (χ2n) is 6.11. The highest BCUT2D eigenvalue weighted by Gasteiger charge is 2.25. The fourth-order valence-corrected chi connectivity index (χ4v) is 3.26. The fraction of sp³-hybridized carbons (Fsp3) is 0.263. The van der Waals surface area contributed by atoms with Gasteiger partial charge in [-0.15, -0.1) is 0 Å². The first-order valence-electron chi connectivity index (χ1n) is 8.40. The molecular formula is C19H20N4O2. The van der Waals surface area contributed by atoms with E-state index in [1.54, 1.807) is 7.11 Å². The van der Waals surface area contributed by atoms with E-state index in [9.17, 15) is 4.79 Å². The van der Waals surface area contributed by atoms with Gasteiger partial charge in [0, 0.05) is 6.54 Å². The normalized spacial score (nSPS) is 16.9. The van der Waals surface area contributed by atoms with Crippen LogP contribution in [0.25, 0.3) is 16.7 Å². The Hall–Kier alpha value is -2.86. The summed E-state index contributed by atoms with van der Waals surface area (Å²) in [7, 11) is 1.64. The number of amides is 1. The Morgan fingerprint density at radius 2 is 2.04 bits per heavy atom. The zero-order chi connectivity index (χ0) is 17.2. The largest absolute Gasteiger partial charge is 0.495 e. The van der Waals surface area contributed by atoms with Gasteiger partial charge in [-0.3, -0.25) is 14.7 Å². The lowest BCUT2D eigenvalue weighted by Gasteiger charge is -2.15. The van der Waals surface area contributed by atoms with Crippen molar-refractivity contribution >= 4 is 22.9 Å². The van der Waals surface area contributed by atoms with Crippen molar-refractivity contribution in [2.45, 2.75) is 6.42 Å². The van der Waals surface area contributed by atoms with Crippen LogP contribution in [-0.4, -0.2) is 35.7 Å². The van der Waals surface area contributed by atoms with E-state index in [1.807, 2.05) is 53.1 Å². The molecule has 1 atom stereocenters. The molecule has 0 bridgehead atoms. The Labute approximate surface area is 145 Å². The molecule has 6 nitrogen and oxygen atoms in total. The number of benzene rings is 2. The average molecular weight is 336 g/mol. The number of hydrogen-bond acceptors (Lipinski definition) is 4. The minimum atomic E-state index is -0.0223. The SMILES string of the molecule is COc1ccccc1-n1c(NC(=O)C2CCNC2)nc2ccccc21. The Kier molecular flexibility index (Phi) is 4.11. The van der Waals surface area contributed by atoms with Crippen LogP contribution in [0.1, 0.15) is 6.42 Å². The summed E-state index contributed by atoms with van der Waals surface area (Å²) in [5, 5.41) is 6.23. The van der Waals surface area contributed by atoms with Gasteiger partial charge in [-0.25, -0.2) is 4.98 Å². The molecule has 4 rings (SSSR count). The molecule has 1 saturated heterocycles. The minimum absolute atomic E-state index is 0.00328. The quantitative estimate of drug-likeness (QED) is 0.768. The van der Waals surface area contributed by atoms with E-state index in [0.29, 0.717) is 12.5 Å². The molecule has 0 saturated carbocycles. The number of methoxy groups -OCH3 is 1. The maximum absolute atomic E-state index is 12.6. The van der Waals surface area contributed by atoms with E-state index >= 15 is 0 Å². The first-order valence-corrected chi connectivity index (χ1v) is 8.40. The molecule has 1 aliphatic rings. The predicted molar refractivity (Wildman–Crippen MR) is 97.2 cm³/mol. The number of carbonyl (C=O) groups excluding carboxylic acids is 1. The van der Waals surface area contributed by atoms with Gasteiger partial charge in [0.1, 0.15) is 5.75 Å². The zero-order valence-electron chi connectivity index (χ0n) is 14.0. The molecule has 2 N–H and O–H groups in total. The van der Waals surface area contributed by atoms with Crippen LogP contribution in [0.4, 0.5) is 5.95 Å². The van der Waals surface area contributed by atoms with Crippen LogP contribution in [0.15, 0.2) is 48.5 Å². The van der Waals surface area contributed by atoms with Crippen LogP contribution in [0.2, 0.25) is 0 Å². The van der Waals surface area contributed by atoms with Crippen molar-refractivity contribution in [2.24, 2.45) is 5.92 Å². The Balaban J connectivity index is 1.82. The topological polar surface area (TPSA) is 68.2 Å². The molecule has 3 aromatic rings. The maximum atomic E-state index is 12.6. The standard InChI is InChI=1S/C19H20N4O2/c1-25-17-9-5-4-8-16(17)23-15-7-3-2-6-14(15)21-19(23)22-18(24)13-10-11-20-12-13/h2-9,13,20H,10-12H2,1H3,(H,21,22,24). The van der Waals surface area contributed by atoms with Crippen molar-refractivity contribution in [1.29, 1.82) is 0 Å². The van der Waals surface area contributed by atoms with Gasteiger partial charge >= 0.3 is 0 Å². The number of carbonyl (C=O) groups is 1. The van der Waals surface area contributed by atoms with Crippen molar-refractivity contribution in [3.8, 4) is 11.4 Å². The van der Waals surface area contributed by atoms with Gasteiger partial charge in [-0.1, -0.05) is 24.3 Å². The molecule has 1 aliphatic heterocycles. The molecule has 128 valence electrons. The highest BCUT2D eigenvalue weighted by atomic mass is 16.5. The molecule has 0 radical (unpaired) electrons. The third-order valence-corrected chi connectivity index (χ3v) is 4.55. The monoisotopic (exact) mass is 336 g/mol. The van der Waals surface area contributed by atoms with Crippen molar-refractivity contribution in [1.82, 2.24) is 14.9 Å². The van der Waals surface area contributed by atoms with E-state index < -0.39 is 0 Å². The number of rotatable bonds is 4. The number of nitrogens with one attached hydrogen (secondary N) is 2. The summed E-state index contributed by atoms with van der Waals surface area (Å²) in [4.78, 5) is 17.2. The third-order valence-electron chi connectivity index (χ3n) is 4.55. The van der Waals surface area contributed by atoms with Crippen LogP contribution in [0.5, 0.6) is 5.75 Å². The molecule has 1 amide bonds. The van der Waals surface area contributed by atoms with Crippen LogP contribution >= 0.6 is 0 Å². The van der Waals surface area contributed by atoms with Crippen molar-refractivity contribution in [2.75, 3.05) is 25.5 Å². The van der Waals surface area contributed by atoms with Crippen LogP contribution < -0.4 is 15.4 Å². The summed E-state index contributed by atoms with van der Waals surface area (Å²) in [5.74, 6) is 1.22. The van der Waals surface area contributed by atoms with Crippen molar-refractivity contribution in [3.63, 3.8) is 0 Å². The van der Waals surface area contributed by atoms with E-state index in [4.69, 9.17) is 4.74 Å². The van der Waals surface area contributed by atoms with Gasteiger partial charge in [0.25, 0.3) is 0 Å². The number of fused-ring (bicyclic) bond motifs is 1. The summed E-state index contributed by atoms with van der Waals surface area (Å²) in [6.07, 6.45) is 0.848. The van der Waals surface area contributed by atoms with E-state index in [0.717, 1.165) is 35.4 Å². The second-order valence-corrected chi connectivity index (χ2v) is 6.11. The number of aromatic nitrogens is 2. The molecule has 1 unspecified atom stereocenters. The number of imidazole rings is 1. The summed E-state index contributed by atoms with van der Waals surface area (Å²) in [5.41, 5.74) is 2.60. The number of anilines is 1. The first kappa shape index (κ1) is 15.7. The lowest BCUT2D eigenvalue weighted by Crippen LogP contribution is -2.26. The summed E-state index contributed by atoms with van der Waals surface area (Å²) >= 11 is 0. The molecule has 0 spiro atoms. The molecule has 1 fully saturated rings. The van der Waals surface area contributed by atoms with E-state index in [2.05, 4.69) is 15.6 Å². The molecule has 2 heterocycles. The van der Waals surface area contributed by atoms with E-state index in [1.165, 1.54) is 0 Å². The maximum Gasteiger partial charge on any atom is 0.231 e. The highest BCUT2D eigenvalue weighted by Crippen LogP contribution is 2.30. The molecule has 1 aromatic heterocycles. The minimum Gasteiger partial charge on any atom is -0.495 e. The van der Waals surface area contributed by atoms with E-state index in [-0.39, 0.29) is 11.8 Å². The third kappa shape index (κ3) is 2.85. The molecule has 0 aliphatic carbocycles. The van der Waals surface area contributed by atoms with Gasteiger partial charge in [-0.05, 0) is 37.2 Å². The smallest absolute Gasteiger partial charge is 0.231 e. The molecule has 6 heteroatoms. The number of ether oxygens (including phenoxy) is 1. The molecular weight excluding hydrogens is 316 g/mol. The summed E-state index contributed by atoms with van der Waals surface area (Å²) in [6, 6.07) is 15.5. The lowest BCUT2D eigenvalue weighted by molar-refractivity contribution is -0.119. The number of nitrogens with zero attached hydrogens (tertiary/aromatic N) is 2. The Bertz CT molecular complexity index is 913. The predicted octanol–water partition coefficient (Wildman–Crippen LogP) is 2.58. The second kappa shape index (κ2) is 6.57. The summed E-state index contributed by atoms with van der Waals surface area (Å²) < 4.78 is 7.45. The van der Waals surface area contributed by atoms with Gasteiger partial charge in [-0.2, -0.15) is 0 Å². The Morgan fingerprint density at radius 1 is 1.24 bits per heavy atom. The number of para-hydroxylation sites is 4. The summed E-state index contributed by atoms with van der Waals surface area (Å²) in [6.45, 7) is 1.59. The highest BCUT2D eigenvalue weighted by molar-refractivity contribution is 5.94. The van der Waals surface area contributed by atoms with Crippen LogP contribution in [-0.2, 0) is 4.79 Å². The van der Waals surface area contributed by atoms with Crippen LogP contribution in [0, 0.1) is 5.92 Å². The van der Waals surface area contributed by atoms with Crippen LogP contribution in [0.3, 0.4) is 0 Å². The number of hydrogen-bond donors (Lipinski definition) is 2. The fourth-order valence-electron chi connectivity index (χ4n) is 3.26.